The van der Waals surface area contributed by atoms with Crippen LogP contribution < -0.4 is 15.4 Å². The third-order valence-corrected chi connectivity index (χ3v) is 5.03. The normalized spacial score (nSPS) is 14.3. The van der Waals surface area contributed by atoms with Crippen molar-refractivity contribution in [2.24, 2.45) is 5.41 Å². The number of ether oxygens (including phenoxy) is 1. The van der Waals surface area contributed by atoms with Crippen molar-refractivity contribution in [3.05, 3.63) is 65.2 Å². The van der Waals surface area contributed by atoms with Crippen LogP contribution in [0, 0.1) is 12.3 Å². The van der Waals surface area contributed by atoms with Crippen LogP contribution in [0.3, 0.4) is 0 Å². The molecule has 1 fully saturated rings. The van der Waals surface area contributed by atoms with E-state index in [1.165, 1.54) is 0 Å². The van der Waals surface area contributed by atoms with E-state index in [-0.39, 0.29) is 11.8 Å². The molecule has 2 N–H and O–H groups in total. The van der Waals surface area contributed by atoms with Gasteiger partial charge in [-0.15, -0.1) is 0 Å². The molecule has 2 aromatic carbocycles. The van der Waals surface area contributed by atoms with Crippen LogP contribution in [0.25, 0.3) is 0 Å². The maximum atomic E-state index is 12.6. The van der Waals surface area contributed by atoms with E-state index >= 15 is 0 Å². The molecule has 0 heterocycles. The molecule has 0 aromatic heterocycles. The van der Waals surface area contributed by atoms with Gasteiger partial charge in [0, 0.05) is 13.1 Å². The van der Waals surface area contributed by atoms with Crippen molar-refractivity contribution < 1.29 is 14.3 Å². The fourth-order valence-electron chi connectivity index (χ4n) is 3.25. The molecule has 0 atom stereocenters. The number of rotatable bonds is 8. The first kappa shape index (κ1) is 19.0. The molecule has 0 bridgehead atoms. The van der Waals surface area contributed by atoms with Crippen molar-refractivity contribution in [3.8, 4) is 5.75 Å². The monoisotopic (exact) mass is 366 g/mol. The molecular weight excluding hydrogens is 340 g/mol. The molecule has 0 spiro atoms. The average molecular weight is 366 g/mol. The third kappa shape index (κ3) is 4.48. The summed E-state index contributed by atoms with van der Waals surface area (Å²) in [7, 11) is 1.63. The van der Waals surface area contributed by atoms with Crippen LogP contribution in [-0.4, -0.2) is 25.5 Å². The van der Waals surface area contributed by atoms with Crippen LogP contribution in [0.4, 0.5) is 0 Å². The van der Waals surface area contributed by atoms with Gasteiger partial charge in [0.25, 0.3) is 0 Å². The molecule has 142 valence electrons. The van der Waals surface area contributed by atoms with Crippen molar-refractivity contribution >= 4 is 11.8 Å². The van der Waals surface area contributed by atoms with Crippen LogP contribution in [0.5, 0.6) is 5.75 Å². The van der Waals surface area contributed by atoms with Crippen molar-refractivity contribution in [2.75, 3.05) is 13.7 Å². The largest absolute Gasteiger partial charge is 0.496 e. The lowest BCUT2D eigenvalue weighted by Gasteiger charge is -2.16. The first-order valence-corrected chi connectivity index (χ1v) is 9.29. The predicted octanol–water partition coefficient (Wildman–Crippen LogP) is 2.76. The summed E-state index contributed by atoms with van der Waals surface area (Å²) in [6.45, 7) is 2.94. The fraction of sp³-hybridized carbons (Fsp3) is 0.364. The molecule has 0 unspecified atom stereocenters. The second kappa shape index (κ2) is 8.25. The highest BCUT2D eigenvalue weighted by atomic mass is 16.5. The number of aryl methyl sites for hydroxylation is 1. The Balaban J connectivity index is 1.50. The van der Waals surface area contributed by atoms with E-state index in [1.807, 2.05) is 55.5 Å². The number of carbonyl (C=O) groups is 2. The minimum Gasteiger partial charge on any atom is -0.496 e. The minimum absolute atomic E-state index is 0.181. The highest BCUT2D eigenvalue weighted by Crippen LogP contribution is 2.46. The van der Waals surface area contributed by atoms with Crippen LogP contribution in [0.1, 0.15) is 29.5 Å². The first-order valence-electron chi connectivity index (χ1n) is 9.29. The molecule has 0 aliphatic heterocycles. The van der Waals surface area contributed by atoms with Gasteiger partial charge in [0.2, 0.25) is 11.8 Å². The summed E-state index contributed by atoms with van der Waals surface area (Å²) >= 11 is 0. The molecule has 2 amide bonds. The smallest absolute Gasteiger partial charge is 0.235 e. The van der Waals surface area contributed by atoms with Crippen molar-refractivity contribution in [1.82, 2.24) is 10.6 Å². The zero-order chi connectivity index (χ0) is 19.3. The summed E-state index contributed by atoms with van der Waals surface area (Å²) in [6, 6.07) is 15.7. The molecule has 0 saturated heterocycles. The van der Waals surface area contributed by atoms with Gasteiger partial charge >= 0.3 is 0 Å². The number of para-hydroxylation sites is 1. The lowest BCUT2D eigenvalue weighted by molar-refractivity contribution is -0.137. The van der Waals surface area contributed by atoms with E-state index in [4.69, 9.17) is 4.74 Å². The Hall–Kier alpha value is -2.82. The van der Waals surface area contributed by atoms with Gasteiger partial charge in [0.1, 0.15) is 11.2 Å². The lowest BCUT2D eigenvalue weighted by atomic mass is 10.0. The van der Waals surface area contributed by atoms with Crippen LogP contribution in [-0.2, 0) is 22.6 Å². The summed E-state index contributed by atoms with van der Waals surface area (Å²) in [6.07, 6.45) is 1.87. The van der Waals surface area contributed by atoms with Gasteiger partial charge in [-0.2, -0.15) is 0 Å². The van der Waals surface area contributed by atoms with E-state index in [2.05, 4.69) is 10.6 Å². The molecular formula is C22H26N2O3. The predicted molar refractivity (Wildman–Crippen MR) is 104 cm³/mol. The summed E-state index contributed by atoms with van der Waals surface area (Å²) in [5.74, 6) is 0.446. The number of hydrogen-bond acceptors (Lipinski definition) is 3. The van der Waals surface area contributed by atoms with Gasteiger partial charge in [0.15, 0.2) is 0 Å². The van der Waals surface area contributed by atoms with Gasteiger partial charge in [-0.05, 0) is 43.4 Å². The Morgan fingerprint density at radius 1 is 1.04 bits per heavy atom. The topological polar surface area (TPSA) is 67.4 Å². The molecule has 5 heteroatoms. The second-order valence-corrected chi connectivity index (χ2v) is 7.07. The Morgan fingerprint density at radius 2 is 1.78 bits per heavy atom. The number of hydrogen-bond donors (Lipinski definition) is 2. The Kier molecular flexibility index (Phi) is 5.79. The van der Waals surface area contributed by atoms with E-state index in [0.717, 1.165) is 22.4 Å². The number of benzene rings is 2. The van der Waals surface area contributed by atoms with E-state index in [0.29, 0.717) is 32.4 Å². The Labute approximate surface area is 160 Å². The Morgan fingerprint density at radius 3 is 2.48 bits per heavy atom. The Bertz CT molecular complexity index is 828. The highest BCUT2D eigenvalue weighted by Gasteiger charge is 2.56. The first-order chi connectivity index (χ1) is 13.0. The SMILES string of the molecule is COc1ccccc1CCNC(=O)C1(C(=O)NCc2cccc(C)c2)CC1. The number of carbonyl (C=O) groups excluding carboxylic acids is 2. The maximum Gasteiger partial charge on any atom is 0.235 e. The van der Waals surface area contributed by atoms with E-state index in [9.17, 15) is 9.59 Å². The number of amides is 2. The quantitative estimate of drug-likeness (QED) is 0.706. The summed E-state index contributed by atoms with van der Waals surface area (Å²) in [5.41, 5.74) is 2.33. The van der Waals surface area contributed by atoms with Gasteiger partial charge in [-0.1, -0.05) is 48.0 Å². The number of nitrogens with one attached hydrogen (secondary N) is 2. The molecule has 1 saturated carbocycles. The van der Waals surface area contributed by atoms with Crippen molar-refractivity contribution in [1.29, 1.82) is 0 Å². The average Bonchev–Trinajstić information content (AvgIpc) is 3.48. The lowest BCUT2D eigenvalue weighted by Crippen LogP contribution is -2.43. The molecule has 1 aliphatic carbocycles. The highest BCUT2D eigenvalue weighted by molar-refractivity contribution is 6.07. The van der Waals surface area contributed by atoms with Crippen LogP contribution in [0.15, 0.2) is 48.5 Å². The fourth-order valence-corrected chi connectivity index (χ4v) is 3.25. The van der Waals surface area contributed by atoms with Crippen molar-refractivity contribution in [3.63, 3.8) is 0 Å². The van der Waals surface area contributed by atoms with Gasteiger partial charge < -0.3 is 15.4 Å². The third-order valence-electron chi connectivity index (χ3n) is 5.03. The minimum atomic E-state index is -0.898. The summed E-state index contributed by atoms with van der Waals surface area (Å²) < 4.78 is 5.33. The number of methoxy groups -OCH3 is 1. The van der Waals surface area contributed by atoms with Gasteiger partial charge in [-0.25, -0.2) is 0 Å². The van der Waals surface area contributed by atoms with E-state index < -0.39 is 5.41 Å². The zero-order valence-electron chi connectivity index (χ0n) is 15.9. The van der Waals surface area contributed by atoms with Crippen LogP contribution in [0.2, 0.25) is 0 Å². The second-order valence-electron chi connectivity index (χ2n) is 7.07. The molecule has 0 radical (unpaired) electrons. The molecule has 5 nitrogen and oxygen atoms in total. The summed E-state index contributed by atoms with van der Waals surface area (Å²) in [4.78, 5) is 25.1. The van der Waals surface area contributed by atoms with Gasteiger partial charge in [-0.3, -0.25) is 9.59 Å². The van der Waals surface area contributed by atoms with Crippen LogP contribution >= 0.6 is 0 Å². The van der Waals surface area contributed by atoms with Crippen molar-refractivity contribution in [2.45, 2.75) is 32.7 Å². The van der Waals surface area contributed by atoms with Gasteiger partial charge in [0.05, 0.1) is 7.11 Å². The zero-order valence-corrected chi connectivity index (χ0v) is 15.9. The molecule has 27 heavy (non-hydrogen) atoms. The molecule has 3 rings (SSSR count). The summed E-state index contributed by atoms with van der Waals surface area (Å²) in [5, 5.41) is 5.83. The maximum absolute atomic E-state index is 12.6. The van der Waals surface area contributed by atoms with E-state index in [1.54, 1.807) is 7.11 Å². The molecule has 2 aromatic rings. The standard InChI is InChI=1S/C22H26N2O3/c1-16-6-5-7-17(14-16)15-24-21(26)22(11-12-22)20(25)23-13-10-18-8-3-4-9-19(18)27-2/h3-9,14H,10-13,15H2,1-2H3,(H,23,25)(H,24,26). The molecule has 1 aliphatic rings.